The second kappa shape index (κ2) is 18.6. The van der Waals surface area contributed by atoms with Gasteiger partial charge in [0.15, 0.2) is 11.6 Å². The van der Waals surface area contributed by atoms with Gasteiger partial charge in [-0.2, -0.15) is 0 Å². The molecular formula is C48H44N8O6Zr. The Balaban J connectivity index is 0.000000240. The number of rotatable bonds is 4. The van der Waals surface area contributed by atoms with Crippen LogP contribution in [0.2, 0.25) is 0 Å². The molecule has 63 heavy (non-hydrogen) atoms. The number of benzene rings is 4. The summed E-state index contributed by atoms with van der Waals surface area (Å²) in [5.41, 5.74) is 4.86. The topological polar surface area (TPSA) is 199 Å². The van der Waals surface area contributed by atoms with Crippen LogP contribution in [0.25, 0.3) is 89.7 Å². The Bertz CT molecular complexity index is 2740. The van der Waals surface area contributed by atoms with Crippen molar-refractivity contribution >= 4 is 55.7 Å². The van der Waals surface area contributed by atoms with Gasteiger partial charge in [0, 0.05) is 44.8 Å². The molecule has 0 aliphatic carbocycles. The first kappa shape index (κ1) is 45.7. The van der Waals surface area contributed by atoms with Gasteiger partial charge in [0.25, 0.3) is 11.9 Å². The van der Waals surface area contributed by atoms with E-state index in [4.69, 9.17) is 59.6 Å². The first-order valence-electron chi connectivity index (χ1n) is 19.7. The minimum atomic E-state index is -0.462. The molecular weight excluding hydrogens is 876 g/mol. The van der Waals surface area contributed by atoms with Crippen molar-refractivity contribution in [2.24, 2.45) is 0 Å². The third-order valence-electron chi connectivity index (χ3n) is 8.80. The van der Waals surface area contributed by atoms with Crippen molar-refractivity contribution in [2.75, 3.05) is 0 Å². The number of aliphatic hydroxyl groups excluding tert-OH is 2. The number of aromatic nitrogens is 8. The van der Waals surface area contributed by atoms with Gasteiger partial charge in [0.2, 0.25) is 0 Å². The van der Waals surface area contributed by atoms with Crippen LogP contribution in [0.15, 0.2) is 121 Å². The van der Waals surface area contributed by atoms with Gasteiger partial charge in [-0.1, -0.05) is 97.1 Å². The number of allylic oxidation sites excluding steroid dienone is 2. The molecule has 4 aromatic carbocycles. The molecule has 0 amide bonds. The first-order chi connectivity index (χ1) is 29.4. The number of carbonyl (C=O) groups is 2. The maximum Gasteiger partial charge on any atom is 2.00 e. The van der Waals surface area contributed by atoms with Crippen molar-refractivity contribution in [1.82, 2.24) is 39.9 Å². The Labute approximate surface area is 382 Å². The number of ketones is 2. The summed E-state index contributed by atoms with van der Waals surface area (Å²) in [6, 6.07) is 31.8. The smallest absolute Gasteiger partial charge is 0.481 e. The van der Waals surface area contributed by atoms with E-state index in [0.29, 0.717) is 45.9 Å². The van der Waals surface area contributed by atoms with Crippen molar-refractivity contribution < 1.29 is 55.5 Å². The van der Waals surface area contributed by atoms with E-state index in [1.54, 1.807) is 41.5 Å². The van der Waals surface area contributed by atoms with Crippen molar-refractivity contribution in [2.45, 2.75) is 66.6 Å². The Kier molecular flexibility index (Phi) is 13.5. The molecule has 3 aromatic heterocycles. The number of ether oxygens (including phenoxy) is 2. The second-order valence-corrected chi connectivity index (χ2v) is 16.3. The molecule has 7 aromatic rings. The van der Waals surface area contributed by atoms with Crippen LogP contribution in [0.4, 0.5) is 0 Å². The summed E-state index contributed by atoms with van der Waals surface area (Å²) in [4.78, 5) is 60.1. The molecule has 14 nitrogen and oxygen atoms in total. The fourth-order valence-electron chi connectivity index (χ4n) is 6.49. The van der Waals surface area contributed by atoms with Crippen LogP contribution in [0.3, 0.4) is 0 Å². The van der Waals surface area contributed by atoms with Gasteiger partial charge in [-0.05, 0) is 76.9 Å². The molecule has 0 spiro atoms. The van der Waals surface area contributed by atoms with E-state index in [-0.39, 0.29) is 49.7 Å². The molecule has 2 aliphatic rings. The Morgan fingerprint density at radius 3 is 0.921 bits per heavy atom. The van der Waals surface area contributed by atoms with Crippen molar-refractivity contribution in [3.8, 4) is 45.6 Å². The Hall–Kier alpha value is -6.86. The summed E-state index contributed by atoms with van der Waals surface area (Å²) < 4.78 is 9.89. The van der Waals surface area contributed by atoms with Gasteiger partial charge in [0.1, 0.15) is 11.2 Å². The number of aliphatic hydroxyl groups is 2. The van der Waals surface area contributed by atoms with E-state index in [9.17, 15) is 9.59 Å². The Morgan fingerprint density at radius 2 is 0.698 bits per heavy atom. The maximum absolute atomic E-state index is 10.4. The summed E-state index contributed by atoms with van der Waals surface area (Å²) in [5.74, 6) is 1.09. The summed E-state index contributed by atoms with van der Waals surface area (Å²) in [6.07, 6.45) is 2.09. The maximum atomic E-state index is 10.4. The Morgan fingerprint density at radius 1 is 0.460 bits per heavy atom. The van der Waals surface area contributed by atoms with Gasteiger partial charge in [-0.15, -0.1) is 0 Å². The van der Waals surface area contributed by atoms with E-state index >= 15 is 0 Å². The van der Waals surface area contributed by atoms with Crippen molar-refractivity contribution in [1.29, 1.82) is 0 Å². The number of hydrogen-bond donors (Lipinski definition) is 2. The first-order valence-corrected chi connectivity index (χ1v) is 19.7. The molecule has 316 valence electrons. The molecule has 0 fully saturated rings. The average Bonchev–Trinajstić information content (AvgIpc) is 3.92. The zero-order valence-corrected chi connectivity index (χ0v) is 38.5. The molecule has 2 N–H and O–H groups in total. The van der Waals surface area contributed by atoms with E-state index < -0.39 is 11.2 Å². The zero-order chi connectivity index (χ0) is 44.3. The quantitative estimate of drug-likeness (QED) is 0.125. The zero-order valence-electron chi connectivity index (χ0n) is 36.0. The summed E-state index contributed by atoms with van der Waals surface area (Å²) in [5, 5.41) is 21.5. The monoisotopic (exact) mass is 918 g/mol. The van der Waals surface area contributed by atoms with E-state index in [1.807, 2.05) is 97.1 Å². The van der Waals surface area contributed by atoms with Crippen LogP contribution in [-0.4, -0.2) is 62.9 Å². The molecule has 15 heteroatoms. The van der Waals surface area contributed by atoms with Gasteiger partial charge < -0.3 is 49.6 Å². The number of hydrogen-bond acceptors (Lipinski definition) is 12. The van der Waals surface area contributed by atoms with E-state index in [2.05, 4.69) is 0 Å². The molecule has 0 radical (unpaired) electrons. The average molecular weight is 920 g/mol. The summed E-state index contributed by atoms with van der Waals surface area (Å²) in [6.45, 7) is 13.4. The molecule has 2 aliphatic heterocycles. The van der Waals surface area contributed by atoms with Crippen LogP contribution < -0.4 is 9.97 Å². The SMILES string of the molecule is CC(=O)C=C(O)OC(C)(C)C.CC(=O)C=C(O)OC(C)(C)C.[Zr+2].c1ccc2c(c1)-c1nc-2nc2[n-]c(nc3nc(nc4[n-]c(n1)c1ccccc41)-c1ccccc1-3)c1ccccc21. The van der Waals surface area contributed by atoms with Gasteiger partial charge in [-0.25, -0.2) is 9.97 Å². The predicted molar refractivity (Wildman–Crippen MR) is 238 cm³/mol. The molecule has 8 bridgehead atoms. The number of nitrogens with zero attached hydrogens (tertiary/aromatic N) is 8. The summed E-state index contributed by atoms with van der Waals surface area (Å²) in [7, 11) is 0. The minimum absolute atomic E-state index is 0. The standard InChI is InChI=1S/C32H16N8.2C8H14O3.Zr/c1-2-10-18-17(9-1)25-33-26(18)38-28-21-13-5-6-14-22(21)30(35-28)40-32-24-16-8-7-15-23(24)31(36-32)39-29-20-12-4-3-11-19(20)27(34-29)37-25;2*1-6(9)5-7(10)11-8(2,3)4;/h1-16H;2*5,10H,1-4H3;/q-2;;;+2. The van der Waals surface area contributed by atoms with Gasteiger partial charge >= 0.3 is 26.2 Å². The number of carbonyl (C=O) groups excluding carboxylic acids is 2. The third-order valence-corrected chi connectivity index (χ3v) is 8.80. The van der Waals surface area contributed by atoms with Crippen LogP contribution in [-0.2, 0) is 45.3 Å². The van der Waals surface area contributed by atoms with E-state index in [1.165, 1.54) is 13.8 Å². The molecule has 0 unspecified atom stereocenters. The summed E-state index contributed by atoms with van der Waals surface area (Å²) >= 11 is 0. The number of fused-ring (bicyclic) bond motifs is 20. The molecule has 5 heterocycles. The molecule has 0 saturated carbocycles. The predicted octanol–water partition coefficient (Wildman–Crippen LogP) is 9.70. The normalized spacial score (nSPS) is 12.1. The largest absolute Gasteiger partial charge is 2.00 e. The fourth-order valence-corrected chi connectivity index (χ4v) is 6.49. The minimum Gasteiger partial charge on any atom is -0.481 e. The fraction of sp³-hybridized carbons (Fsp3) is 0.208. The van der Waals surface area contributed by atoms with Crippen LogP contribution in [0, 0.1) is 0 Å². The molecule has 0 saturated heterocycles. The van der Waals surface area contributed by atoms with Crippen LogP contribution in [0.1, 0.15) is 55.4 Å². The van der Waals surface area contributed by atoms with E-state index in [0.717, 1.165) is 56.0 Å². The van der Waals surface area contributed by atoms with Gasteiger partial charge in [-0.3, -0.25) is 9.59 Å². The molecule has 0 atom stereocenters. The molecule has 9 rings (SSSR count). The van der Waals surface area contributed by atoms with Crippen LogP contribution >= 0.6 is 0 Å². The van der Waals surface area contributed by atoms with Crippen molar-refractivity contribution in [3.63, 3.8) is 0 Å². The van der Waals surface area contributed by atoms with Crippen LogP contribution in [0.5, 0.6) is 0 Å². The van der Waals surface area contributed by atoms with Crippen molar-refractivity contribution in [3.05, 3.63) is 121 Å². The second-order valence-electron chi connectivity index (χ2n) is 16.3. The van der Waals surface area contributed by atoms with Gasteiger partial charge in [0.05, 0.1) is 35.4 Å². The third kappa shape index (κ3) is 11.0.